The van der Waals surface area contributed by atoms with E-state index in [-0.39, 0.29) is 0 Å². The Morgan fingerprint density at radius 2 is 2.07 bits per heavy atom. The Balaban J connectivity index is 2.46. The van der Waals surface area contributed by atoms with Crippen molar-refractivity contribution in [3.8, 4) is 0 Å². The third kappa shape index (κ3) is 1.97. The maximum atomic E-state index is 5.69. The summed E-state index contributed by atoms with van der Waals surface area (Å²) in [5.74, 6) is 0.321. The lowest BCUT2D eigenvalue weighted by Crippen LogP contribution is -2.13. The number of aromatic nitrogens is 2. The lowest BCUT2D eigenvalue weighted by atomic mass is 10.0. The first-order valence-electron chi connectivity index (χ1n) is 5.27. The molecule has 1 aromatic heterocycles. The highest BCUT2D eigenvalue weighted by Crippen LogP contribution is 2.18. The number of nitrogens with two attached hydrogens (primary N) is 1. The van der Waals surface area contributed by atoms with E-state index in [2.05, 4.69) is 29.3 Å². The van der Waals surface area contributed by atoms with Crippen LogP contribution in [0.1, 0.15) is 25.0 Å². The maximum absolute atomic E-state index is 5.69. The van der Waals surface area contributed by atoms with Crippen LogP contribution in [0.25, 0.3) is 10.9 Å². The van der Waals surface area contributed by atoms with Crippen LogP contribution in [-0.2, 0) is 0 Å². The van der Waals surface area contributed by atoms with Gasteiger partial charge in [-0.1, -0.05) is 25.1 Å². The molecule has 15 heavy (non-hydrogen) atoms. The molecule has 1 heterocycles. The molecule has 0 aliphatic heterocycles. The zero-order valence-corrected chi connectivity index (χ0v) is 8.85. The van der Waals surface area contributed by atoms with Gasteiger partial charge in [0.05, 0.1) is 11.2 Å². The van der Waals surface area contributed by atoms with Gasteiger partial charge in [-0.15, -0.1) is 0 Å². The Bertz CT molecular complexity index is 449. The van der Waals surface area contributed by atoms with Gasteiger partial charge in [-0.2, -0.15) is 10.2 Å². The second kappa shape index (κ2) is 4.36. The van der Waals surface area contributed by atoms with Crippen LogP contribution in [-0.4, -0.2) is 16.7 Å². The molecule has 1 atom stereocenters. The van der Waals surface area contributed by atoms with Gasteiger partial charge in [0.1, 0.15) is 0 Å². The molecule has 0 aliphatic carbocycles. The van der Waals surface area contributed by atoms with Crippen molar-refractivity contribution in [1.29, 1.82) is 0 Å². The van der Waals surface area contributed by atoms with E-state index in [1.54, 1.807) is 0 Å². The van der Waals surface area contributed by atoms with Gasteiger partial charge in [-0.3, -0.25) is 0 Å². The van der Waals surface area contributed by atoms with Crippen molar-refractivity contribution in [1.82, 2.24) is 10.2 Å². The van der Waals surface area contributed by atoms with Crippen LogP contribution in [0.5, 0.6) is 0 Å². The Labute approximate surface area is 89.3 Å². The summed E-state index contributed by atoms with van der Waals surface area (Å²) in [6, 6.07) is 10.1. The van der Waals surface area contributed by atoms with Gasteiger partial charge >= 0.3 is 0 Å². The second-order valence-corrected chi connectivity index (χ2v) is 3.67. The van der Waals surface area contributed by atoms with E-state index < -0.39 is 0 Å². The van der Waals surface area contributed by atoms with Gasteiger partial charge in [0.2, 0.25) is 0 Å². The Hall–Kier alpha value is -1.48. The summed E-state index contributed by atoms with van der Waals surface area (Å²) in [5, 5.41) is 9.55. The molecular weight excluding hydrogens is 186 g/mol. The topological polar surface area (TPSA) is 51.8 Å². The molecule has 1 aromatic carbocycles. The lowest BCUT2D eigenvalue weighted by Gasteiger charge is -2.10. The van der Waals surface area contributed by atoms with E-state index in [0.717, 1.165) is 23.0 Å². The summed E-state index contributed by atoms with van der Waals surface area (Å²) >= 11 is 0. The van der Waals surface area contributed by atoms with Crippen LogP contribution in [0, 0.1) is 0 Å². The average molecular weight is 201 g/mol. The van der Waals surface area contributed by atoms with Crippen molar-refractivity contribution in [2.24, 2.45) is 5.73 Å². The minimum absolute atomic E-state index is 0.321. The Morgan fingerprint density at radius 3 is 2.80 bits per heavy atom. The number of fused-ring (bicyclic) bond motifs is 1. The number of rotatable bonds is 3. The Kier molecular flexibility index (Phi) is 2.92. The van der Waals surface area contributed by atoms with Gasteiger partial charge in [0.25, 0.3) is 0 Å². The molecule has 0 saturated carbocycles. The monoisotopic (exact) mass is 201 g/mol. The van der Waals surface area contributed by atoms with Crippen LogP contribution in [0.3, 0.4) is 0 Å². The Morgan fingerprint density at radius 1 is 1.27 bits per heavy atom. The predicted molar refractivity (Wildman–Crippen MR) is 61.6 cm³/mol. The highest BCUT2D eigenvalue weighted by Gasteiger charge is 2.09. The fourth-order valence-corrected chi connectivity index (χ4v) is 1.70. The number of hydrogen-bond acceptors (Lipinski definition) is 3. The van der Waals surface area contributed by atoms with Crippen molar-refractivity contribution in [2.45, 2.75) is 19.3 Å². The minimum Gasteiger partial charge on any atom is -0.330 e. The van der Waals surface area contributed by atoms with Gasteiger partial charge in [0.15, 0.2) is 0 Å². The summed E-state index contributed by atoms with van der Waals surface area (Å²) in [7, 11) is 0. The van der Waals surface area contributed by atoms with Crippen molar-refractivity contribution in [3.63, 3.8) is 0 Å². The minimum atomic E-state index is 0.321. The first kappa shape index (κ1) is 10.1. The first-order valence-corrected chi connectivity index (χ1v) is 5.27. The average Bonchev–Trinajstić information content (AvgIpc) is 2.30. The van der Waals surface area contributed by atoms with Crippen LogP contribution in [0.2, 0.25) is 0 Å². The van der Waals surface area contributed by atoms with E-state index in [9.17, 15) is 0 Å². The predicted octanol–water partition coefficient (Wildman–Crippen LogP) is 2.08. The largest absolute Gasteiger partial charge is 0.330 e. The third-order valence-electron chi connectivity index (χ3n) is 2.71. The molecule has 3 heteroatoms. The third-order valence-corrected chi connectivity index (χ3v) is 2.71. The first-order chi connectivity index (χ1) is 7.35. The molecule has 78 valence electrons. The molecule has 3 nitrogen and oxygen atoms in total. The molecule has 2 aromatic rings. The van der Waals surface area contributed by atoms with Crippen LogP contribution >= 0.6 is 0 Å². The van der Waals surface area contributed by atoms with Gasteiger partial charge < -0.3 is 5.73 Å². The molecule has 0 bridgehead atoms. The summed E-state index contributed by atoms with van der Waals surface area (Å²) in [6.45, 7) is 2.75. The smallest absolute Gasteiger partial charge is 0.0929 e. The van der Waals surface area contributed by atoms with Crippen molar-refractivity contribution in [3.05, 3.63) is 36.0 Å². The van der Waals surface area contributed by atoms with Gasteiger partial charge in [-0.05, 0) is 18.6 Å². The SMILES string of the molecule is CCC(CN)c1cc2ccccc2nn1. The number of hydrogen-bond donors (Lipinski definition) is 1. The molecule has 0 spiro atoms. The van der Waals surface area contributed by atoms with Gasteiger partial charge in [-0.25, -0.2) is 0 Å². The van der Waals surface area contributed by atoms with Gasteiger partial charge in [0, 0.05) is 17.8 Å². The zero-order chi connectivity index (χ0) is 10.7. The number of nitrogens with zero attached hydrogens (tertiary/aromatic N) is 2. The van der Waals surface area contributed by atoms with Crippen LogP contribution in [0.15, 0.2) is 30.3 Å². The molecule has 2 N–H and O–H groups in total. The molecule has 0 amide bonds. The van der Waals surface area contributed by atoms with Crippen LogP contribution < -0.4 is 5.73 Å². The van der Waals surface area contributed by atoms with Crippen LogP contribution in [0.4, 0.5) is 0 Å². The second-order valence-electron chi connectivity index (χ2n) is 3.67. The zero-order valence-electron chi connectivity index (χ0n) is 8.85. The van der Waals surface area contributed by atoms with E-state index in [1.165, 1.54) is 0 Å². The highest BCUT2D eigenvalue weighted by atomic mass is 15.1. The molecule has 0 aliphatic rings. The van der Waals surface area contributed by atoms with E-state index in [1.807, 2.05) is 18.2 Å². The molecule has 0 saturated heterocycles. The summed E-state index contributed by atoms with van der Waals surface area (Å²) < 4.78 is 0. The highest BCUT2D eigenvalue weighted by molar-refractivity contribution is 5.77. The molecule has 0 radical (unpaired) electrons. The van der Waals surface area contributed by atoms with E-state index in [0.29, 0.717) is 12.5 Å². The maximum Gasteiger partial charge on any atom is 0.0929 e. The standard InChI is InChI=1S/C12H15N3/c1-2-9(8-13)12-7-10-5-3-4-6-11(10)14-15-12/h3-7,9H,2,8,13H2,1H3. The van der Waals surface area contributed by atoms with E-state index in [4.69, 9.17) is 5.73 Å². The lowest BCUT2D eigenvalue weighted by molar-refractivity contribution is 0.645. The van der Waals surface area contributed by atoms with Crippen molar-refractivity contribution >= 4 is 10.9 Å². The molecular formula is C12H15N3. The van der Waals surface area contributed by atoms with Crippen molar-refractivity contribution in [2.75, 3.05) is 6.54 Å². The molecule has 2 rings (SSSR count). The van der Waals surface area contributed by atoms with E-state index >= 15 is 0 Å². The molecule has 1 unspecified atom stereocenters. The fourth-order valence-electron chi connectivity index (χ4n) is 1.70. The summed E-state index contributed by atoms with van der Waals surface area (Å²) in [6.07, 6.45) is 1.00. The summed E-state index contributed by atoms with van der Waals surface area (Å²) in [5.41, 5.74) is 7.63. The van der Waals surface area contributed by atoms with Crippen molar-refractivity contribution < 1.29 is 0 Å². The quantitative estimate of drug-likeness (QED) is 0.827. The summed E-state index contributed by atoms with van der Waals surface area (Å²) in [4.78, 5) is 0. The number of benzene rings is 1. The molecule has 0 fully saturated rings. The normalized spacial score (nSPS) is 12.9. The fraction of sp³-hybridized carbons (Fsp3) is 0.333.